The van der Waals surface area contributed by atoms with Crippen LogP contribution in [0, 0.1) is 5.92 Å². The molecule has 2 aromatic rings. The van der Waals surface area contributed by atoms with Crippen molar-refractivity contribution in [1.82, 2.24) is 4.57 Å². The quantitative estimate of drug-likeness (QED) is 0.814. The summed E-state index contributed by atoms with van der Waals surface area (Å²) in [7, 11) is 0. The molecule has 0 bridgehead atoms. The molecule has 1 aromatic carbocycles. The molecule has 0 N–H and O–H groups in total. The van der Waals surface area contributed by atoms with Gasteiger partial charge in [-0.1, -0.05) is 44.2 Å². The number of ketones is 1. The van der Waals surface area contributed by atoms with E-state index in [4.69, 9.17) is 0 Å². The van der Waals surface area contributed by atoms with Crippen LogP contribution in [0.4, 0.5) is 0 Å². The van der Waals surface area contributed by atoms with Crippen molar-refractivity contribution in [2.45, 2.75) is 32.7 Å². The molecule has 19 heavy (non-hydrogen) atoms. The first kappa shape index (κ1) is 12.2. The number of fused-ring (bicyclic) bond motifs is 1. The number of nitrogens with zero attached hydrogens (tertiary/aromatic N) is 1. The van der Waals surface area contributed by atoms with Gasteiger partial charge in [-0.05, 0) is 29.0 Å². The number of hydrogen-bond acceptors (Lipinski definition) is 1. The maximum absolute atomic E-state index is 12.2. The minimum absolute atomic E-state index is 0.301. The molecule has 1 unspecified atom stereocenters. The third-order valence-electron chi connectivity index (χ3n) is 4.06. The van der Waals surface area contributed by atoms with Crippen LogP contribution in [0.15, 0.2) is 42.6 Å². The molecule has 0 amide bonds. The van der Waals surface area contributed by atoms with Crippen LogP contribution >= 0.6 is 0 Å². The fourth-order valence-electron chi connectivity index (χ4n) is 3.02. The van der Waals surface area contributed by atoms with Crippen molar-refractivity contribution in [3.05, 3.63) is 59.4 Å². The second kappa shape index (κ2) is 4.69. The van der Waals surface area contributed by atoms with E-state index in [9.17, 15) is 4.79 Å². The van der Waals surface area contributed by atoms with Crippen LogP contribution in [-0.4, -0.2) is 10.4 Å². The Hall–Kier alpha value is -1.83. The van der Waals surface area contributed by atoms with E-state index in [0.29, 0.717) is 24.0 Å². The number of rotatable bonds is 3. The van der Waals surface area contributed by atoms with Gasteiger partial charge in [0.2, 0.25) is 0 Å². The zero-order valence-corrected chi connectivity index (χ0v) is 11.5. The van der Waals surface area contributed by atoms with E-state index in [-0.39, 0.29) is 0 Å². The summed E-state index contributed by atoms with van der Waals surface area (Å²) < 4.78 is 2.11. The smallest absolute Gasteiger partial charge is 0.180 e. The van der Waals surface area contributed by atoms with Crippen LogP contribution in [0.25, 0.3) is 0 Å². The molecule has 1 aliphatic rings. The van der Waals surface area contributed by atoms with E-state index in [1.165, 1.54) is 11.1 Å². The van der Waals surface area contributed by atoms with E-state index >= 15 is 0 Å². The van der Waals surface area contributed by atoms with Gasteiger partial charge in [0.25, 0.3) is 0 Å². The molecule has 2 heteroatoms. The van der Waals surface area contributed by atoms with Gasteiger partial charge in [-0.25, -0.2) is 0 Å². The third-order valence-corrected chi connectivity index (χ3v) is 4.06. The summed E-state index contributed by atoms with van der Waals surface area (Å²) in [6, 6.07) is 12.4. The van der Waals surface area contributed by atoms with Crippen LogP contribution in [0.3, 0.4) is 0 Å². The highest BCUT2D eigenvalue weighted by Gasteiger charge is 2.33. The summed E-state index contributed by atoms with van der Waals surface area (Å²) >= 11 is 0. The molecule has 3 rings (SSSR count). The molecule has 2 nitrogen and oxygen atoms in total. The largest absolute Gasteiger partial charge is 0.340 e. The Labute approximate surface area is 114 Å². The van der Waals surface area contributed by atoms with Gasteiger partial charge in [-0.15, -0.1) is 0 Å². The van der Waals surface area contributed by atoms with E-state index in [2.05, 4.69) is 42.8 Å². The van der Waals surface area contributed by atoms with E-state index in [1.807, 2.05) is 18.2 Å². The summed E-state index contributed by atoms with van der Waals surface area (Å²) in [5.74, 6) is 1.23. The van der Waals surface area contributed by atoms with Crippen molar-refractivity contribution in [3.63, 3.8) is 0 Å². The Morgan fingerprint density at radius 3 is 2.63 bits per heavy atom. The lowest BCUT2D eigenvalue weighted by Crippen LogP contribution is -2.06. The average molecular weight is 253 g/mol. The number of carbonyl (C=O) groups excluding carboxylic acids is 1. The summed E-state index contributed by atoms with van der Waals surface area (Å²) in [4.78, 5) is 12.2. The maximum atomic E-state index is 12.2. The van der Waals surface area contributed by atoms with Gasteiger partial charge in [0.15, 0.2) is 5.78 Å². The minimum Gasteiger partial charge on any atom is -0.340 e. The lowest BCUT2D eigenvalue weighted by atomic mass is 9.91. The topological polar surface area (TPSA) is 22.0 Å². The molecule has 0 fully saturated rings. The number of carbonyl (C=O) groups is 1. The number of benzene rings is 1. The highest BCUT2D eigenvalue weighted by atomic mass is 16.1. The molecule has 0 spiro atoms. The normalized spacial score (nSPS) is 18.1. The van der Waals surface area contributed by atoms with Gasteiger partial charge in [-0.3, -0.25) is 4.79 Å². The van der Waals surface area contributed by atoms with Crippen LogP contribution in [0.2, 0.25) is 0 Å². The van der Waals surface area contributed by atoms with Gasteiger partial charge in [0, 0.05) is 19.2 Å². The van der Waals surface area contributed by atoms with Gasteiger partial charge >= 0.3 is 0 Å². The fraction of sp³-hybridized carbons (Fsp3) is 0.353. The van der Waals surface area contributed by atoms with Crippen molar-refractivity contribution >= 4 is 5.78 Å². The minimum atomic E-state index is 0.301. The average Bonchev–Trinajstić information content (AvgIpc) is 2.93. The first-order chi connectivity index (χ1) is 9.16. The third kappa shape index (κ3) is 2.12. The predicted octanol–water partition coefficient (Wildman–Crippen LogP) is 3.86. The van der Waals surface area contributed by atoms with Gasteiger partial charge in [0.05, 0.1) is 5.69 Å². The monoisotopic (exact) mass is 253 g/mol. The fourth-order valence-corrected chi connectivity index (χ4v) is 3.02. The van der Waals surface area contributed by atoms with Crippen molar-refractivity contribution in [2.24, 2.45) is 5.92 Å². The molecule has 98 valence electrons. The van der Waals surface area contributed by atoms with Crippen molar-refractivity contribution in [2.75, 3.05) is 0 Å². The molecule has 0 aliphatic heterocycles. The zero-order chi connectivity index (χ0) is 13.4. The van der Waals surface area contributed by atoms with Crippen LogP contribution in [0.1, 0.15) is 47.8 Å². The van der Waals surface area contributed by atoms with E-state index in [0.717, 1.165) is 12.2 Å². The molecule has 0 radical (unpaired) electrons. The summed E-state index contributed by atoms with van der Waals surface area (Å²) in [6.07, 6.45) is 2.74. The molecular formula is C17H19NO. The van der Waals surface area contributed by atoms with Crippen molar-refractivity contribution in [3.8, 4) is 0 Å². The second-order valence-electron chi connectivity index (χ2n) is 5.71. The number of Topliss-reactive ketones (excluding diaryl/α,β-unsaturated/α-hetero) is 1. The van der Waals surface area contributed by atoms with E-state index in [1.54, 1.807) is 0 Å². The van der Waals surface area contributed by atoms with Crippen molar-refractivity contribution < 1.29 is 4.79 Å². The molecule has 1 heterocycles. The summed E-state index contributed by atoms with van der Waals surface area (Å²) in [6.45, 7) is 5.18. The Balaban J connectivity index is 1.94. The molecule has 1 atom stereocenters. The molecule has 0 saturated heterocycles. The Bertz CT molecular complexity index is 595. The first-order valence-electron chi connectivity index (χ1n) is 6.93. The molecule has 1 aromatic heterocycles. The standard InChI is InChI=1S/C17H19NO/c1-12(2)15-10-16(19)17-14(15)8-9-18(17)11-13-6-4-3-5-7-13/h3-9,12,15H,10-11H2,1-2H3. The predicted molar refractivity (Wildman–Crippen MR) is 76.5 cm³/mol. The number of aromatic nitrogens is 1. The maximum Gasteiger partial charge on any atom is 0.180 e. The van der Waals surface area contributed by atoms with Crippen LogP contribution in [-0.2, 0) is 6.54 Å². The van der Waals surface area contributed by atoms with Gasteiger partial charge in [0.1, 0.15) is 0 Å². The highest BCUT2D eigenvalue weighted by Crippen LogP contribution is 2.38. The summed E-state index contributed by atoms with van der Waals surface area (Å²) in [5.41, 5.74) is 3.42. The Morgan fingerprint density at radius 2 is 1.95 bits per heavy atom. The molecule has 1 aliphatic carbocycles. The Morgan fingerprint density at radius 1 is 1.21 bits per heavy atom. The zero-order valence-electron chi connectivity index (χ0n) is 11.5. The lowest BCUT2D eigenvalue weighted by Gasteiger charge is -2.12. The Kier molecular flexibility index (Phi) is 3.02. The molecule has 0 saturated carbocycles. The number of hydrogen-bond donors (Lipinski definition) is 0. The second-order valence-corrected chi connectivity index (χ2v) is 5.71. The highest BCUT2D eigenvalue weighted by molar-refractivity contribution is 6.00. The first-order valence-corrected chi connectivity index (χ1v) is 6.93. The van der Waals surface area contributed by atoms with E-state index < -0.39 is 0 Å². The van der Waals surface area contributed by atoms with Gasteiger partial charge < -0.3 is 4.57 Å². The SMILES string of the molecule is CC(C)C1CC(=O)c2c1ccn2Cc1ccccc1. The van der Waals surface area contributed by atoms with Crippen molar-refractivity contribution in [1.29, 1.82) is 0 Å². The van der Waals surface area contributed by atoms with Crippen LogP contribution in [0.5, 0.6) is 0 Å². The van der Waals surface area contributed by atoms with Crippen LogP contribution < -0.4 is 0 Å². The lowest BCUT2D eigenvalue weighted by molar-refractivity contribution is 0.0976. The molecular weight excluding hydrogens is 234 g/mol. The summed E-state index contributed by atoms with van der Waals surface area (Å²) in [5, 5.41) is 0. The van der Waals surface area contributed by atoms with Gasteiger partial charge in [-0.2, -0.15) is 0 Å².